The molecular weight excluding hydrogens is 330 g/mol. The maximum atomic E-state index is 10.6. The average molecular weight is 340 g/mol. The van der Waals surface area contributed by atoms with E-state index in [0.717, 1.165) is 10.7 Å². The lowest BCUT2D eigenvalue weighted by molar-refractivity contribution is -0.384. The van der Waals surface area contributed by atoms with Gasteiger partial charge in [0.2, 0.25) is 11.8 Å². The molecule has 1 heterocycles. The Morgan fingerprint density at radius 1 is 1.50 bits per heavy atom. The van der Waals surface area contributed by atoms with Crippen LogP contribution < -0.4 is 15.8 Å². The number of ether oxygens (including phenoxy) is 1. The van der Waals surface area contributed by atoms with Crippen LogP contribution in [0.2, 0.25) is 0 Å². The van der Waals surface area contributed by atoms with Crippen LogP contribution in [0.15, 0.2) is 28.9 Å². The highest BCUT2D eigenvalue weighted by Crippen LogP contribution is 2.29. The van der Waals surface area contributed by atoms with Gasteiger partial charge in [0.1, 0.15) is 11.9 Å². The van der Waals surface area contributed by atoms with Gasteiger partial charge in [0, 0.05) is 11.8 Å². The number of nitro groups is 1. The first-order chi connectivity index (χ1) is 9.51. The first kappa shape index (κ1) is 14.0. The molecule has 1 aromatic heterocycles. The molecule has 0 aliphatic heterocycles. The molecule has 104 valence electrons. The Bertz CT molecular complexity index is 665. The zero-order chi connectivity index (χ0) is 14.7. The fourth-order valence-electron chi connectivity index (χ4n) is 1.46. The summed E-state index contributed by atoms with van der Waals surface area (Å²) in [4.78, 5) is 17.6. The van der Waals surface area contributed by atoms with Gasteiger partial charge in [-0.25, -0.2) is 4.98 Å². The zero-order valence-electron chi connectivity index (χ0n) is 10.3. The van der Waals surface area contributed by atoms with Crippen molar-refractivity contribution in [2.75, 3.05) is 18.2 Å². The number of anilines is 3. The summed E-state index contributed by atoms with van der Waals surface area (Å²) in [5, 5.41) is 13.5. The molecule has 9 heteroatoms. The number of aromatic nitrogens is 2. The molecule has 20 heavy (non-hydrogen) atoms. The van der Waals surface area contributed by atoms with E-state index in [1.165, 1.54) is 0 Å². The number of hydrogen-bond acceptors (Lipinski definition) is 7. The number of hydrogen-bond donors (Lipinski definition) is 2. The molecule has 2 aromatic rings. The molecule has 8 nitrogen and oxygen atoms in total. The molecule has 0 aliphatic rings. The van der Waals surface area contributed by atoms with E-state index in [-0.39, 0.29) is 17.5 Å². The third-order valence-corrected chi connectivity index (χ3v) is 3.06. The number of benzene rings is 1. The first-order valence-electron chi connectivity index (χ1n) is 5.38. The Balaban J connectivity index is 2.26. The highest BCUT2D eigenvalue weighted by atomic mass is 79.9. The van der Waals surface area contributed by atoms with Crippen LogP contribution in [-0.2, 0) is 0 Å². The minimum absolute atomic E-state index is 0.164. The van der Waals surface area contributed by atoms with Crippen LogP contribution in [0.3, 0.4) is 0 Å². The van der Waals surface area contributed by atoms with E-state index in [1.54, 1.807) is 25.3 Å². The number of halogens is 1. The lowest BCUT2D eigenvalue weighted by atomic mass is 10.3. The normalized spacial score (nSPS) is 10.1. The Morgan fingerprint density at radius 2 is 2.25 bits per heavy atom. The second-order valence-electron chi connectivity index (χ2n) is 3.70. The van der Waals surface area contributed by atoms with Crippen LogP contribution in [0.5, 0.6) is 5.75 Å². The third-order valence-electron chi connectivity index (χ3n) is 2.40. The third kappa shape index (κ3) is 2.94. The van der Waals surface area contributed by atoms with Crippen molar-refractivity contribution < 1.29 is 9.66 Å². The van der Waals surface area contributed by atoms with Crippen molar-refractivity contribution in [3.05, 3.63) is 39.0 Å². The smallest absolute Gasteiger partial charge is 0.329 e. The summed E-state index contributed by atoms with van der Waals surface area (Å²) in [5.41, 5.74) is 5.83. The Kier molecular flexibility index (Phi) is 3.99. The molecule has 0 unspecified atom stereocenters. The van der Waals surface area contributed by atoms with Gasteiger partial charge in [-0.15, -0.1) is 0 Å². The van der Waals surface area contributed by atoms with Crippen molar-refractivity contribution in [2.45, 2.75) is 0 Å². The molecule has 0 fully saturated rings. The molecule has 0 saturated heterocycles. The predicted octanol–water partition coefficient (Wildman–Crippen LogP) is 2.48. The average Bonchev–Trinajstić information content (AvgIpc) is 2.40. The molecule has 0 atom stereocenters. The van der Waals surface area contributed by atoms with Gasteiger partial charge in [0.05, 0.1) is 16.5 Å². The molecule has 2 rings (SSSR count). The number of nitrogen functional groups attached to an aromatic ring is 1. The standard InChI is InChI=1S/C11H10BrN5O3/c1-20-9-4-6(2-3-7(9)12)15-11-14-5-8(17(18)19)10(13)16-11/h2-5H,1H3,(H3,13,14,15,16). The Morgan fingerprint density at radius 3 is 2.85 bits per heavy atom. The number of rotatable bonds is 4. The van der Waals surface area contributed by atoms with Gasteiger partial charge in [-0.1, -0.05) is 0 Å². The fourth-order valence-corrected chi connectivity index (χ4v) is 1.86. The molecule has 0 amide bonds. The van der Waals surface area contributed by atoms with Crippen molar-refractivity contribution in [1.82, 2.24) is 9.97 Å². The second-order valence-corrected chi connectivity index (χ2v) is 4.55. The first-order valence-corrected chi connectivity index (χ1v) is 6.18. The molecule has 0 spiro atoms. The summed E-state index contributed by atoms with van der Waals surface area (Å²) < 4.78 is 5.96. The number of methoxy groups -OCH3 is 1. The predicted molar refractivity (Wildman–Crippen MR) is 77.1 cm³/mol. The Hall–Kier alpha value is -2.42. The Labute approximate surface area is 122 Å². The zero-order valence-corrected chi connectivity index (χ0v) is 11.9. The monoisotopic (exact) mass is 339 g/mol. The molecular formula is C11H10BrN5O3. The van der Waals surface area contributed by atoms with E-state index >= 15 is 0 Å². The van der Waals surface area contributed by atoms with Gasteiger partial charge in [0.25, 0.3) is 0 Å². The molecule has 0 radical (unpaired) electrons. The fraction of sp³-hybridized carbons (Fsp3) is 0.0909. The van der Waals surface area contributed by atoms with Crippen molar-refractivity contribution >= 4 is 39.1 Å². The number of nitrogens with one attached hydrogen (secondary N) is 1. The van der Waals surface area contributed by atoms with Crippen LogP contribution in [0.25, 0.3) is 0 Å². The molecule has 0 aliphatic carbocycles. The SMILES string of the molecule is COc1cc(Nc2ncc([N+](=O)[O-])c(N)n2)ccc1Br. The van der Waals surface area contributed by atoms with E-state index in [1.807, 2.05) is 0 Å². The highest BCUT2D eigenvalue weighted by Gasteiger charge is 2.14. The van der Waals surface area contributed by atoms with Gasteiger partial charge < -0.3 is 15.8 Å². The molecule has 1 aromatic carbocycles. The van der Waals surface area contributed by atoms with Gasteiger partial charge in [0.15, 0.2) is 0 Å². The van der Waals surface area contributed by atoms with Crippen molar-refractivity contribution in [3.8, 4) is 5.75 Å². The second kappa shape index (κ2) is 5.70. The number of nitrogens with two attached hydrogens (primary N) is 1. The van der Waals surface area contributed by atoms with E-state index in [9.17, 15) is 10.1 Å². The summed E-state index contributed by atoms with van der Waals surface area (Å²) in [6.45, 7) is 0. The maximum Gasteiger partial charge on any atom is 0.329 e. The minimum Gasteiger partial charge on any atom is -0.495 e. The highest BCUT2D eigenvalue weighted by molar-refractivity contribution is 9.10. The summed E-state index contributed by atoms with van der Waals surface area (Å²) in [7, 11) is 1.55. The largest absolute Gasteiger partial charge is 0.495 e. The molecule has 0 bridgehead atoms. The summed E-state index contributed by atoms with van der Waals surface area (Å²) in [6, 6.07) is 5.29. The van der Waals surface area contributed by atoms with E-state index in [4.69, 9.17) is 10.5 Å². The summed E-state index contributed by atoms with van der Waals surface area (Å²) in [6.07, 6.45) is 1.06. The summed E-state index contributed by atoms with van der Waals surface area (Å²) >= 11 is 3.33. The van der Waals surface area contributed by atoms with Crippen molar-refractivity contribution in [3.63, 3.8) is 0 Å². The van der Waals surface area contributed by atoms with Gasteiger partial charge >= 0.3 is 5.69 Å². The van der Waals surface area contributed by atoms with E-state index in [0.29, 0.717) is 11.4 Å². The van der Waals surface area contributed by atoms with E-state index < -0.39 is 4.92 Å². The van der Waals surface area contributed by atoms with Crippen LogP contribution in [-0.4, -0.2) is 22.0 Å². The van der Waals surface area contributed by atoms with Crippen LogP contribution in [0, 0.1) is 10.1 Å². The van der Waals surface area contributed by atoms with Crippen molar-refractivity contribution in [2.24, 2.45) is 0 Å². The lowest BCUT2D eigenvalue weighted by Crippen LogP contribution is -2.04. The van der Waals surface area contributed by atoms with Gasteiger partial charge in [-0.2, -0.15) is 4.98 Å². The van der Waals surface area contributed by atoms with Crippen molar-refractivity contribution in [1.29, 1.82) is 0 Å². The topological polar surface area (TPSA) is 116 Å². The maximum absolute atomic E-state index is 10.6. The van der Waals surface area contributed by atoms with E-state index in [2.05, 4.69) is 31.2 Å². The quantitative estimate of drug-likeness (QED) is 0.649. The van der Waals surface area contributed by atoms with Gasteiger partial charge in [-0.3, -0.25) is 10.1 Å². The van der Waals surface area contributed by atoms with Crippen LogP contribution >= 0.6 is 15.9 Å². The minimum atomic E-state index is -0.637. The molecule has 0 saturated carbocycles. The number of nitrogens with zero attached hydrogens (tertiary/aromatic N) is 3. The lowest BCUT2D eigenvalue weighted by Gasteiger charge is -2.08. The van der Waals surface area contributed by atoms with Gasteiger partial charge in [-0.05, 0) is 28.1 Å². The van der Waals surface area contributed by atoms with Crippen LogP contribution in [0.1, 0.15) is 0 Å². The molecule has 3 N–H and O–H groups in total. The van der Waals surface area contributed by atoms with Crippen LogP contribution in [0.4, 0.5) is 23.1 Å². The summed E-state index contributed by atoms with van der Waals surface area (Å²) in [5.74, 6) is 0.596.